The molecule has 1 aliphatic heterocycles. The number of rotatable bonds is 10. The summed E-state index contributed by atoms with van der Waals surface area (Å²) >= 11 is 0. The lowest BCUT2D eigenvalue weighted by molar-refractivity contribution is 0.0168. The Morgan fingerprint density at radius 1 is 1.24 bits per heavy atom. The highest BCUT2D eigenvalue weighted by Gasteiger charge is 2.14. The molecule has 2 rings (SSSR count). The van der Waals surface area contributed by atoms with Crippen LogP contribution in [-0.4, -0.2) is 45.0 Å². The third kappa shape index (κ3) is 7.45. The van der Waals surface area contributed by atoms with Crippen LogP contribution in [0.25, 0.3) is 0 Å². The fourth-order valence-electron chi connectivity index (χ4n) is 2.93. The van der Waals surface area contributed by atoms with Crippen molar-refractivity contribution >= 4 is 5.96 Å². The smallest absolute Gasteiger partial charge is 0.191 e. The maximum atomic E-state index is 5.69. The quantitative estimate of drug-likeness (QED) is 0.388. The molecule has 1 aromatic carbocycles. The van der Waals surface area contributed by atoms with Crippen LogP contribution in [0.2, 0.25) is 0 Å². The number of aryl methyl sites for hydroxylation is 1. The van der Waals surface area contributed by atoms with E-state index in [9.17, 15) is 0 Å². The highest BCUT2D eigenvalue weighted by Crippen LogP contribution is 2.12. The zero-order chi connectivity index (χ0) is 17.7. The fraction of sp³-hybridized carbons (Fsp3) is 0.650. The topological polar surface area (TPSA) is 54.9 Å². The van der Waals surface area contributed by atoms with Crippen LogP contribution in [0.15, 0.2) is 29.3 Å². The Kier molecular flexibility index (Phi) is 9.37. The fourth-order valence-corrected chi connectivity index (χ4v) is 2.93. The molecule has 140 valence electrons. The van der Waals surface area contributed by atoms with Gasteiger partial charge in [0.1, 0.15) is 0 Å². The van der Waals surface area contributed by atoms with E-state index in [4.69, 9.17) is 14.5 Å². The van der Waals surface area contributed by atoms with Crippen molar-refractivity contribution in [2.45, 2.75) is 52.2 Å². The molecule has 2 N–H and O–H groups in total. The second kappa shape index (κ2) is 11.9. The molecule has 0 bridgehead atoms. The Labute approximate surface area is 152 Å². The second-order valence-corrected chi connectivity index (χ2v) is 6.31. The summed E-state index contributed by atoms with van der Waals surface area (Å²) in [4.78, 5) is 4.71. The van der Waals surface area contributed by atoms with Gasteiger partial charge in [-0.3, -0.25) is 0 Å². The average molecular weight is 348 g/mol. The first-order chi connectivity index (χ1) is 12.3. The Morgan fingerprint density at radius 3 is 2.80 bits per heavy atom. The molecule has 0 amide bonds. The van der Waals surface area contributed by atoms with E-state index in [1.807, 2.05) is 0 Å². The van der Waals surface area contributed by atoms with Gasteiger partial charge in [-0.15, -0.1) is 0 Å². The lowest BCUT2D eigenvalue weighted by atomic mass is 10.1. The molecule has 0 aromatic heterocycles. The molecule has 1 fully saturated rings. The number of hydrogen-bond acceptors (Lipinski definition) is 3. The minimum Gasteiger partial charge on any atom is -0.379 e. The third-order valence-electron chi connectivity index (χ3n) is 4.34. The van der Waals surface area contributed by atoms with Crippen LogP contribution < -0.4 is 10.6 Å². The van der Waals surface area contributed by atoms with Gasteiger partial charge in [0.05, 0.1) is 19.3 Å². The summed E-state index contributed by atoms with van der Waals surface area (Å²) in [5.41, 5.74) is 2.66. The number of aliphatic imine (C=N–C) groups is 1. The van der Waals surface area contributed by atoms with Crippen molar-refractivity contribution < 1.29 is 9.47 Å². The molecule has 1 aliphatic rings. The minimum atomic E-state index is 0.311. The molecule has 5 heteroatoms. The number of hydrogen-bond donors (Lipinski definition) is 2. The molecule has 0 radical (unpaired) electrons. The highest BCUT2D eigenvalue weighted by molar-refractivity contribution is 5.79. The van der Waals surface area contributed by atoms with Crippen molar-refractivity contribution in [2.24, 2.45) is 4.99 Å². The van der Waals surface area contributed by atoms with E-state index in [0.29, 0.717) is 12.6 Å². The largest absolute Gasteiger partial charge is 0.379 e. The number of ether oxygens (including phenoxy) is 2. The summed E-state index contributed by atoms with van der Waals surface area (Å²) in [5, 5.41) is 6.69. The van der Waals surface area contributed by atoms with Gasteiger partial charge < -0.3 is 20.1 Å². The van der Waals surface area contributed by atoms with Gasteiger partial charge in [-0.1, -0.05) is 31.2 Å². The molecule has 25 heavy (non-hydrogen) atoms. The Bertz CT molecular complexity index is 513. The van der Waals surface area contributed by atoms with Crippen LogP contribution in [0.1, 0.15) is 44.2 Å². The Morgan fingerprint density at radius 2 is 2.08 bits per heavy atom. The normalized spacial score (nSPS) is 17.7. The van der Waals surface area contributed by atoms with Crippen molar-refractivity contribution in [3.63, 3.8) is 0 Å². The first-order valence-corrected chi connectivity index (χ1v) is 9.61. The summed E-state index contributed by atoms with van der Waals surface area (Å²) in [7, 11) is 0. The number of benzene rings is 1. The predicted molar refractivity (Wildman–Crippen MR) is 103 cm³/mol. The molecule has 1 unspecified atom stereocenters. The lowest BCUT2D eigenvalue weighted by Crippen LogP contribution is -2.38. The van der Waals surface area contributed by atoms with Gasteiger partial charge in [-0.25, -0.2) is 4.99 Å². The van der Waals surface area contributed by atoms with Crippen molar-refractivity contribution in [1.82, 2.24) is 10.6 Å². The third-order valence-corrected chi connectivity index (χ3v) is 4.34. The molecular formula is C20H33N3O2. The molecule has 1 atom stereocenters. The molecule has 5 nitrogen and oxygen atoms in total. The van der Waals surface area contributed by atoms with Gasteiger partial charge in [0, 0.05) is 26.3 Å². The zero-order valence-corrected chi connectivity index (χ0v) is 15.7. The average Bonchev–Trinajstić information content (AvgIpc) is 3.16. The molecule has 0 spiro atoms. The lowest BCUT2D eigenvalue weighted by Gasteiger charge is -2.13. The second-order valence-electron chi connectivity index (χ2n) is 6.31. The van der Waals surface area contributed by atoms with Crippen LogP contribution in [-0.2, 0) is 22.4 Å². The predicted octanol–water partition coefficient (Wildman–Crippen LogP) is 2.89. The van der Waals surface area contributed by atoms with Crippen molar-refractivity contribution in [3.8, 4) is 0 Å². The summed E-state index contributed by atoms with van der Waals surface area (Å²) < 4.78 is 11.2. The zero-order valence-electron chi connectivity index (χ0n) is 15.7. The van der Waals surface area contributed by atoms with E-state index in [1.54, 1.807) is 0 Å². The van der Waals surface area contributed by atoms with Gasteiger partial charge in [-0.2, -0.15) is 0 Å². The van der Waals surface area contributed by atoms with Crippen molar-refractivity contribution in [1.29, 1.82) is 0 Å². The maximum absolute atomic E-state index is 5.69. The monoisotopic (exact) mass is 347 g/mol. The van der Waals surface area contributed by atoms with Gasteiger partial charge in [0.2, 0.25) is 0 Å². The maximum Gasteiger partial charge on any atom is 0.191 e. The molecule has 1 aromatic rings. The molecule has 1 heterocycles. The number of nitrogens with one attached hydrogen (secondary N) is 2. The standard InChI is InChI=1S/C20H33N3O2/c1-3-17-9-5-6-10-18(17)15-23-20(21-4-2)22-12-8-13-24-16-19-11-7-14-25-19/h5-6,9-10,19H,3-4,7-8,11-16H2,1-2H3,(H2,21,22,23). The van der Waals surface area contributed by atoms with Crippen LogP contribution in [0.5, 0.6) is 0 Å². The van der Waals surface area contributed by atoms with E-state index in [-0.39, 0.29) is 0 Å². The van der Waals surface area contributed by atoms with E-state index in [0.717, 1.165) is 58.1 Å². The van der Waals surface area contributed by atoms with Crippen molar-refractivity contribution in [2.75, 3.05) is 32.9 Å². The van der Waals surface area contributed by atoms with Crippen LogP contribution >= 0.6 is 0 Å². The van der Waals surface area contributed by atoms with Gasteiger partial charge in [0.15, 0.2) is 5.96 Å². The molecule has 0 aliphatic carbocycles. The van der Waals surface area contributed by atoms with Crippen LogP contribution in [0, 0.1) is 0 Å². The van der Waals surface area contributed by atoms with Crippen LogP contribution in [0.4, 0.5) is 0 Å². The summed E-state index contributed by atoms with van der Waals surface area (Å²) in [6.45, 7) is 9.05. The number of nitrogens with zero attached hydrogens (tertiary/aromatic N) is 1. The Balaban J connectivity index is 1.68. The van der Waals surface area contributed by atoms with E-state index >= 15 is 0 Å². The van der Waals surface area contributed by atoms with Gasteiger partial charge in [-0.05, 0) is 43.7 Å². The van der Waals surface area contributed by atoms with Crippen LogP contribution in [0.3, 0.4) is 0 Å². The first kappa shape index (κ1) is 19.7. The number of guanidine groups is 1. The molecule has 0 saturated carbocycles. The van der Waals surface area contributed by atoms with E-state index < -0.39 is 0 Å². The van der Waals surface area contributed by atoms with E-state index in [2.05, 4.69) is 48.7 Å². The Hall–Kier alpha value is -1.59. The first-order valence-electron chi connectivity index (χ1n) is 9.61. The van der Waals surface area contributed by atoms with E-state index in [1.165, 1.54) is 17.5 Å². The van der Waals surface area contributed by atoms with Gasteiger partial charge in [0.25, 0.3) is 0 Å². The summed E-state index contributed by atoms with van der Waals surface area (Å²) in [6, 6.07) is 8.50. The SMILES string of the molecule is CCNC(=NCc1ccccc1CC)NCCCOCC1CCCO1. The van der Waals surface area contributed by atoms with Crippen molar-refractivity contribution in [3.05, 3.63) is 35.4 Å². The molecular weight excluding hydrogens is 314 g/mol. The molecule has 1 saturated heterocycles. The van der Waals surface area contributed by atoms with Gasteiger partial charge >= 0.3 is 0 Å². The highest BCUT2D eigenvalue weighted by atomic mass is 16.5. The summed E-state index contributed by atoms with van der Waals surface area (Å²) in [6.07, 6.45) is 4.61. The minimum absolute atomic E-state index is 0.311. The summed E-state index contributed by atoms with van der Waals surface area (Å²) in [5.74, 6) is 0.868.